The molecule has 2 aromatic heterocycles. The maximum Gasteiger partial charge on any atom is 0.174 e. The minimum absolute atomic E-state index is 0.769. The molecule has 0 spiro atoms. The molecule has 0 aliphatic carbocycles. The maximum absolute atomic E-state index is 14.6. The summed E-state index contributed by atoms with van der Waals surface area (Å²) in [5.41, 5.74) is 1.89. The summed E-state index contributed by atoms with van der Waals surface area (Å²) >= 11 is 0. The first-order chi connectivity index (χ1) is 13.3. The van der Waals surface area contributed by atoms with Gasteiger partial charge in [-0.15, -0.1) is 0 Å². The van der Waals surface area contributed by atoms with Crippen LogP contribution in [0, 0.1) is 0 Å². The van der Waals surface area contributed by atoms with Crippen LogP contribution in [0.5, 0.6) is 0 Å². The van der Waals surface area contributed by atoms with Crippen molar-refractivity contribution >= 4 is 39.5 Å². The first-order valence-corrected chi connectivity index (χ1v) is 10.6. The van der Waals surface area contributed by atoms with Crippen LogP contribution in [0.1, 0.15) is 0 Å². The average Bonchev–Trinajstić information content (AvgIpc) is 3.19. The van der Waals surface area contributed by atoms with Gasteiger partial charge in [-0.2, -0.15) is 5.10 Å². The van der Waals surface area contributed by atoms with Crippen molar-refractivity contribution in [3.63, 3.8) is 0 Å². The number of nitrogens with zero attached hydrogens (tertiary/aromatic N) is 2. The van der Waals surface area contributed by atoms with E-state index in [1.807, 2.05) is 89.4 Å². The van der Waals surface area contributed by atoms with Gasteiger partial charge in [-0.25, -0.2) is 4.52 Å². The van der Waals surface area contributed by atoms with Crippen LogP contribution in [0.3, 0.4) is 0 Å². The highest BCUT2D eigenvalue weighted by Gasteiger charge is 2.32. The molecule has 0 fully saturated rings. The minimum atomic E-state index is -3.04. The summed E-state index contributed by atoms with van der Waals surface area (Å²) in [6.07, 6.45) is 1.77. The number of hydrogen-bond acceptors (Lipinski definition) is 2. The van der Waals surface area contributed by atoms with Crippen molar-refractivity contribution < 1.29 is 4.57 Å². The zero-order valence-electron chi connectivity index (χ0n) is 14.6. The fraction of sp³-hybridized carbons (Fsp3) is 0. The second-order valence-electron chi connectivity index (χ2n) is 6.50. The van der Waals surface area contributed by atoms with Crippen molar-refractivity contribution in [2.45, 2.75) is 0 Å². The molecule has 0 saturated heterocycles. The lowest BCUT2D eigenvalue weighted by Crippen LogP contribution is -2.24. The molecule has 2 heterocycles. The molecule has 5 aromatic rings. The summed E-state index contributed by atoms with van der Waals surface area (Å²) in [4.78, 5) is 0. The van der Waals surface area contributed by atoms with Gasteiger partial charge in [0.2, 0.25) is 0 Å². The van der Waals surface area contributed by atoms with Crippen LogP contribution in [0.4, 0.5) is 0 Å². The molecule has 0 aliphatic rings. The molecule has 0 amide bonds. The SMILES string of the molecule is O=P(c1ccccc1)(c1ccccc1)c1cnn2c1ccc1ccccc12. The molecule has 130 valence electrons. The van der Waals surface area contributed by atoms with Gasteiger partial charge in [-0.05, 0) is 12.1 Å². The van der Waals surface area contributed by atoms with Crippen LogP contribution >= 0.6 is 7.14 Å². The lowest BCUT2D eigenvalue weighted by atomic mass is 10.2. The Balaban J connectivity index is 1.86. The Morgan fingerprint density at radius 1 is 0.630 bits per heavy atom. The lowest BCUT2D eigenvalue weighted by molar-refractivity contribution is 0.592. The Hall–Kier alpha value is -3.16. The lowest BCUT2D eigenvalue weighted by Gasteiger charge is -2.18. The maximum atomic E-state index is 14.6. The third-order valence-electron chi connectivity index (χ3n) is 4.95. The molecule has 0 bridgehead atoms. The van der Waals surface area contributed by atoms with E-state index in [-0.39, 0.29) is 0 Å². The molecule has 0 atom stereocenters. The molecule has 0 unspecified atom stereocenters. The van der Waals surface area contributed by atoms with Crippen LogP contribution in [-0.2, 0) is 4.57 Å². The van der Waals surface area contributed by atoms with Crippen molar-refractivity contribution in [2.24, 2.45) is 0 Å². The third kappa shape index (κ3) is 2.43. The zero-order chi connectivity index (χ0) is 18.3. The highest BCUT2D eigenvalue weighted by molar-refractivity contribution is 7.85. The van der Waals surface area contributed by atoms with Crippen molar-refractivity contribution in [1.29, 1.82) is 0 Å². The molecular formula is C23H17N2OP. The van der Waals surface area contributed by atoms with Crippen LogP contribution in [-0.4, -0.2) is 9.61 Å². The summed E-state index contributed by atoms with van der Waals surface area (Å²) < 4.78 is 16.5. The van der Waals surface area contributed by atoms with Crippen LogP contribution in [0.15, 0.2) is 103 Å². The minimum Gasteiger partial charge on any atom is -0.308 e. The van der Waals surface area contributed by atoms with Gasteiger partial charge in [0.25, 0.3) is 0 Å². The monoisotopic (exact) mass is 368 g/mol. The quantitative estimate of drug-likeness (QED) is 0.449. The van der Waals surface area contributed by atoms with Gasteiger partial charge >= 0.3 is 0 Å². The smallest absolute Gasteiger partial charge is 0.174 e. The van der Waals surface area contributed by atoms with Crippen molar-refractivity contribution in [2.75, 3.05) is 0 Å². The van der Waals surface area contributed by atoms with Crippen molar-refractivity contribution in [1.82, 2.24) is 9.61 Å². The molecular weight excluding hydrogens is 351 g/mol. The van der Waals surface area contributed by atoms with Gasteiger partial charge in [-0.3, -0.25) is 0 Å². The van der Waals surface area contributed by atoms with Gasteiger partial charge in [0.05, 0.1) is 22.5 Å². The molecule has 4 heteroatoms. The predicted molar refractivity (Wildman–Crippen MR) is 112 cm³/mol. The Labute approximate surface area is 157 Å². The molecule has 0 saturated carbocycles. The standard InChI is InChI=1S/C23H17N2OP/c26-27(19-10-3-1-4-11-19,20-12-5-2-6-13-20)23-17-24-25-21-14-8-7-9-18(21)15-16-22(23)25/h1-17H. The van der Waals surface area contributed by atoms with E-state index in [0.717, 1.165) is 32.3 Å². The normalized spacial score (nSPS) is 11.9. The molecule has 3 aromatic carbocycles. The fourth-order valence-corrected chi connectivity index (χ4v) is 6.38. The van der Waals surface area contributed by atoms with Gasteiger partial charge in [0.1, 0.15) is 0 Å². The van der Waals surface area contributed by atoms with E-state index < -0.39 is 7.14 Å². The molecule has 0 N–H and O–H groups in total. The van der Waals surface area contributed by atoms with E-state index in [1.54, 1.807) is 6.20 Å². The van der Waals surface area contributed by atoms with Gasteiger partial charge in [0.15, 0.2) is 7.14 Å². The third-order valence-corrected chi connectivity index (χ3v) is 8.02. The Bertz CT molecular complexity index is 1250. The van der Waals surface area contributed by atoms with E-state index in [9.17, 15) is 4.57 Å². The summed E-state index contributed by atoms with van der Waals surface area (Å²) in [7, 11) is -3.04. The highest BCUT2D eigenvalue weighted by atomic mass is 31.2. The van der Waals surface area contributed by atoms with E-state index in [2.05, 4.69) is 17.2 Å². The van der Waals surface area contributed by atoms with Crippen molar-refractivity contribution in [3.8, 4) is 0 Å². The average molecular weight is 368 g/mol. The fourth-order valence-electron chi connectivity index (χ4n) is 3.63. The predicted octanol–water partition coefficient (Wildman–Crippen LogP) is 4.13. The largest absolute Gasteiger partial charge is 0.308 e. The zero-order valence-corrected chi connectivity index (χ0v) is 15.5. The summed E-state index contributed by atoms with van der Waals surface area (Å²) in [5, 5.41) is 8.12. The summed E-state index contributed by atoms with van der Waals surface area (Å²) in [5.74, 6) is 0. The second-order valence-corrected chi connectivity index (χ2v) is 9.23. The number of para-hydroxylation sites is 1. The number of aromatic nitrogens is 2. The second kappa shape index (κ2) is 6.22. The molecule has 0 radical (unpaired) electrons. The number of hydrogen-bond donors (Lipinski definition) is 0. The van der Waals surface area contributed by atoms with Gasteiger partial charge < -0.3 is 4.57 Å². The van der Waals surface area contributed by atoms with E-state index in [4.69, 9.17) is 0 Å². The molecule has 0 aliphatic heterocycles. The number of fused-ring (bicyclic) bond motifs is 3. The first-order valence-electron chi connectivity index (χ1n) is 8.86. The Morgan fingerprint density at radius 3 is 1.89 bits per heavy atom. The Kier molecular flexibility index (Phi) is 3.70. The topological polar surface area (TPSA) is 34.4 Å². The Morgan fingerprint density at radius 2 is 1.22 bits per heavy atom. The van der Waals surface area contributed by atoms with Gasteiger partial charge in [-0.1, -0.05) is 84.9 Å². The van der Waals surface area contributed by atoms with Gasteiger partial charge in [0, 0.05) is 16.0 Å². The molecule has 5 rings (SSSR count). The van der Waals surface area contributed by atoms with E-state index >= 15 is 0 Å². The highest BCUT2D eigenvalue weighted by Crippen LogP contribution is 2.43. The van der Waals surface area contributed by atoms with E-state index in [0.29, 0.717) is 0 Å². The summed E-state index contributed by atoms with van der Waals surface area (Å²) in [6.45, 7) is 0. The molecule has 3 nitrogen and oxygen atoms in total. The van der Waals surface area contributed by atoms with Crippen molar-refractivity contribution in [3.05, 3.63) is 103 Å². The van der Waals surface area contributed by atoms with Crippen LogP contribution in [0.2, 0.25) is 0 Å². The molecule has 27 heavy (non-hydrogen) atoms. The van der Waals surface area contributed by atoms with Crippen LogP contribution in [0.25, 0.3) is 16.4 Å². The van der Waals surface area contributed by atoms with Crippen LogP contribution < -0.4 is 15.9 Å². The number of benzene rings is 3. The first kappa shape index (κ1) is 16.0. The summed E-state index contributed by atoms with van der Waals surface area (Å²) in [6, 6.07) is 31.6. The number of rotatable bonds is 3. The van der Waals surface area contributed by atoms with E-state index in [1.165, 1.54) is 0 Å². The number of pyridine rings is 1.